The number of aliphatic hydroxyl groups is 1. The maximum absolute atomic E-state index is 10.9. The lowest BCUT2D eigenvalue weighted by atomic mass is 9.91. The minimum atomic E-state index is -1.18. The van der Waals surface area contributed by atoms with E-state index >= 15 is 0 Å². The predicted octanol–water partition coefficient (Wildman–Crippen LogP) is 3.73. The van der Waals surface area contributed by atoms with Gasteiger partial charge in [0, 0.05) is 12.0 Å². The van der Waals surface area contributed by atoms with Crippen molar-refractivity contribution in [3.8, 4) is 0 Å². The first kappa shape index (κ1) is 13.3. The van der Waals surface area contributed by atoms with Crippen LogP contribution in [-0.2, 0) is 22.5 Å². The molecule has 20 heavy (non-hydrogen) atoms. The zero-order chi connectivity index (χ0) is 14.2. The molecule has 0 saturated carbocycles. The van der Waals surface area contributed by atoms with Crippen molar-refractivity contribution in [3.63, 3.8) is 0 Å². The summed E-state index contributed by atoms with van der Waals surface area (Å²) in [6, 6.07) is 18.2. The fourth-order valence-corrected chi connectivity index (χ4v) is 3.02. The van der Waals surface area contributed by atoms with Gasteiger partial charge in [0.1, 0.15) is 0 Å². The number of aryl methyl sites for hydroxylation is 1. The zero-order valence-electron chi connectivity index (χ0n) is 12.0. The summed E-state index contributed by atoms with van der Waals surface area (Å²) in [7, 11) is 0. The second-order valence-electron chi connectivity index (χ2n) is 5.93. The number of hydrogen-bond donors (Lipinski definition) is 1. The Bertz CT molecular complexity index is 604. The molecule has 1 heterocycles. The molecule has 0 aromatic heterocycles. The van der Waals surface area contributed by atoms with Crippen molar-refractivity contribution < 1.29 is 9.84 Å². The third-order valence-corrected chi connectivity index (χ3v) is 4.02. The standard InChI is InChI=1S/C18H20O2/c1-17(2)15-10-6-7-11-16(15)18(19,20-17)13-12-14-8-4-3-5-9-14/h3-11,19H,12-13H2,1-2H3/t18-/m1/s1. The predicted molar refractivity (Wildman–Crippen MR) is 79.2 cm³/mol. The minimum Gasteiger partial charge on any atom is -0.362 e. The molecule has 0 fully saturated rings. The quantitative estimate of drug-likeness (QED) is 0.919. The van der Waals surface area contributed by atoms with E-state index in [-0.39, 0.29) is 0 Å². The summed E-state index contributed by atoms with van der Waals surface area (Å²) in [6.45, 7) is 4.01. The Labute approximate surface area is 120 Å². The lowest BCUT2D eigenvalue weighted by Gasteiger charge is -2.27. The molecule has 0 unspecified atom stereocenters. The molecular formula is C18H20O2. The molecule has 3 rings (SSSR count). The Balaban J connectivity index is 1.86. The van der Waals surface area contributed by atoms with Gasteiger partial charge in [-0.1, -0.05) is 54.6 Å². The normalized spacial score (nSPS) is 23.6. The number of rotatable bonds is 3. The lowest BCUT2D eigenvalue weighted by molar-refractivity contribution is -0.253. The summed E-state index contributed by atoms with van der Waals surface area (Å²) in [5, 5.41) is 10.9. The number of hydrogen-bond acceptors (Lipinski definition) is 2. The van der Waals surface area contributed by atoms with Gasteiger partial charge in [-0.15, -0.1) is 0 Å². The van der Waals surface area contributed by atoms with E-state index in [1.54, 1.807) is 0 Å². The lowest BCUT2D eigenvalue weighted by Crippen LogP contribution is -2.29. The molecule has 2 aromatic carbocycles. The molecule has 0 amide bonds. The maximum atomic E-state index is 10.9. The molecule has 1 atom stereocenters. The van der Waals surface area contributed by atoms with Crippen molar-refractivity contribution in [3.05, 3.63) is 71.3 Å². The van der Waals surface area contributed by atoms with Crippen LogP contribution in [0.1, 0.15) is 37.0 Å². The Kier molecular flexibility index (Phi) is 3.15. The molecule has 2 aromatic rings. The monoisotopic (exact) mass is 268 g/mol. The third-order valence-electron chi connectivity index (χ3n) is 4.02. The van der Waals surface area contributed by atoms with Crippen molar-refractivity contribution in [2.75, 3.05) is 0 Å². The summed E-state index contributed by atoms with van der Waals surface area (Å²) in [6.07, 6.45) is 1.36. The van der Waals surface area contributed by atoms with E-state index in [1.165, 1.54) is 5.56 Å². The average Bonchev–Trinajstić information content (AvgIpc) is 2.66. The molecule has 2 nitrogen and oxygen atoms in total. The van der Waals surface area contributed by atoms with E-state index in [0.29, 0.717) is 6.42 Å². The molecule has 0 saturated heterocycles. The van der Waals surface area contributed by atoms with Crippen LogP contribution in [0, 0.1) is 0 Å². The van der Waals surface area contributed by atoms with Crippen LogP contribution < -0.4 is 0 Å². The number of ether oxygens (including phenoxy) is 1. The molecule has 0 spiro atoms. The molecule has 0 radical (unpaired) electrons. The Morgan fingerprint density at radius 3 is 2.20 bits per heavy atom. The van der Waals surface area contributed by atoms with Crippen LogP contribution in [0.25, 0.3) is 0 Å². The van der Waals surface area contributed by atoms with Gasteiger partial charge in [-0.25, -0.2) is 0 Å². The van der Waals surface area contributed by atoms with Crippen molar-refractivity contribution in [2.45, 2.75) is 38.1 Å². The molecule has 1 aliphatic rings. The van der Waals surface area contributed by atoms with E-state index < -0.39 is 11.4 Å². The highest BCUT2D eigenvalue weighted by molar-refractivity contribution is 5.39. The van der Waals surface area contributed by atoms with Gasteiger partial charge in [0.25, 0.3) is 0 Å². The van der Waals surface area contributed by atoms with Crippen LogP contribution in [0.15, 0.2) is 54.6 Å². The summed E-state index contributed by atoms with van der Waals surface area (Å²) in [5.41, 5.74) is 2.75. The van der Waals surface area contributed by atoms with Crippen molar-refractivity contribution in [1.29, 1.82) is 0 Å². The van der Waals surface area contributed by atoms with E-state index in [0.717, 1.165) is 17.5 Å². The van der Waals surface area contributed by atoms with Crippen LogP contribution in [0.3, 0.4) is 0 Å². The minimum absolute atomic E-state index is 0.442. The first-order valence-corrected chi connectivity index (χ1v) is 7.08. The summed E-state index contributed by atoms with van der Waals surface area (Å²) >= 11 is 0. The largest absolute Gasteiger partial charge is 0.362 e. The number of fused-ring (bicyclic) bond motifs is 1. The van der Waals surface area contributed by atoms with E-state index in [4.69, 9.17) is 4.74 Å². The van der Waals surface area contributed by atoms with Crippen molar-refractivity contribution >= 4 is 0 Å². The molecule has 0 aliphatic carbocycles. The van der Waals surface area contributed by atoms with Gasteiger partial charge in [0.05, 0.1) is 5.60 Å². The van der Waals surface area contributed by atoms with Gasteiger partial charge in [-0.3, -0.25) is 0 Å². The highest BCUT2D eigenvalue weighted by Gasteiger charge is 2.47. The SMILES string of the molecule is CC1(C)O[C@](O)(CCc2ccccc2)c2ccccc21. The van der Waals surface area contributed by atoms with Gasteiger partial charge in [0.15, 0.2) is 5.79 Å². The average molecular weight is 268 g/mol. The molecule has 104 valence electrons. The van der Waals surface area contributed by atoms with E-state index in [2.05, 4.69) is 12.1 Å². The van der Waals surface area contributed by atoms with Gasteiger partial charge in [-0.05, 0) is 31.4 Å². The Morgan fingerprint density at radius 1 is 0.900 bits per heavy atom. The molecule has 2 heteroatoms. The first-order chi connectivity index (χ1) is 9.51. The van der Waals surface area contributed by atoms with Gasteiger partial charge in [0.2, 0.25) is 0 Å². The summed E-state index contributed by atoms with van der Waals surface area (Å²) in [4.78, 5) is 0. The third kappa shape index (κ3) is 2.26. The second-order valence-corrected chi connectivity index (χ2v) is 5.93. The van der Waals surface area contributed by atoms with Crippen molar-refractivity contribution in [1.82, 2.24) is 0 Å². The Hall–Kier alpha value is -1.64. The van der Waals surface area contributed by atoms with Gasteiger partial charge < -0.3 is 9.84 Å². The Morgan fingerprint density at radius 2 is 1.50 bits per heavy atom. The highest BCUT2D eigenvalue weighted by atomic mass is 16.6. The van der Waals surface area contributed by atoms with Gasteiger partial charge in [-0.2, -0.15) is 0 Å². The smallest absolute Gasteiger partial charge is 0.194 e. The van der Waals surface area contributed by atoms with Crippen LogP contribution in [-0.4, -0.2) is 5.11 Å². The topological polar surface area (TPSA) is 29.5 Å². The fourth-order valence-electron chi connectivity index (χ4n) is 3.02. The van der Waals surface area contributed by atoms with Crippen LogP contribution in [0.2, 0.25) is 0 Å². The molecular weight excluding hydrogens is 248 g/mol. The van der Waals surface area contributed by atoms with E-state index in [9.17, 15) is 5.11 Å². The van der Waals surface area contributed by atoms with E-state index in [1.807, 2.05) is 56.3 Å². The number of benzene rings is 2. The van der Waals surface area contributed by atoms with Crippen molar-refractivity contribution in [2.24, 2.45) is 0 Å². The van der Waals surface area contributed by atoms with Crippen LogP contribution in [0.4, 0.5) is 0 Å². The zero-order valence-corrected chi connectivity index (χ0v) is 12.0. The molecule has 0 bridgehead atoms. The maximum Gasteiger partial charge on any atom is 0.194 e. The molecule has 1 N–H and O–H groups in total. The summed E-state index contributed by atoms with van der Waals surface area (Å²) < 4.78 is 5.98. The van der Waals surface area contributed by atoms with Crippen LogP contribution in [0.5, 0.6) is 0 Å². The highest BCUT2D eigenvalue weighted by Crippen LogP contribution is 2.47. The first-order valence-electron chi connectivity index (χ1n) is 7.08. The molecule has 1 aliphatic heterocycles. The van der Waals surface area contributed by atoms with Gasteiger partial charge >= 0.3 is 0 Å². The summed E-state index contributed by atoms with van der Waals surface area (Å²) in [5.74, 6) is -1.18. The van der Waals surface area contributed by atoms with Crippen LogP contribution >= 0.6 is 0 Å². The second kappa shape index (κ2) is 4.72. The fraction of sp³-hybridized carbons (Fsp3) is 0.333.